The summed E-state index contributed by atoms with van der Waals surface area (Å²) in [6.07, 6.45) is 0. The monoisotopic (exact) mass is 419 g/mol. The molecule has 0 aliphatic rings. The molecule has 0 aromatic heterocycles. The van der Waals surface area contributed by atoms with E-state index in [0.717, 1.165) is 12.1 Å². The quantitative estimate of drug-likeness (QED) is 0.727. The van der Waals surface area contributed by atoms with Crippen LogP contribution in [0.1, 0.15) is 10.4 Å². The Balaban J connectivity index is 2.26. The second kappa shape index (κ2) is 6.53. The average Bonchev–Trinajstić information content (AvgIpc) is 2.44. The predicted molar refractivity (Wildman–Crippen MR) is 82.7 cm³/mol. The van der Waals surface area contributed by atoms with Gasteiger partial charge in [-0.15, -0.1) is 0 Å². The first kappa shape index (κ1) is 15.9. The van der Waals surface area contributed by atoms with Crippen LogP contribution in [0.5, 0.6) is 5.75 Å². The first-order valence-corrected chi connectivity index (χ1v) is 7.30. The zero-order valence-corrected chi connectivity index (χ0v) is 13.9. The molecule has 21 heavy (non-hydrogen) atoms. The lowest BCUT2D eigenvalue weighted by Crippen LogP contribution is -2.13. The zero-order chi connectivity index (χ0) is 15.6. The van der Waals surface area contributed by atoms with Gasteiger partial charge in [-0.3, -0.25) is 4.79 Å². The summed E-state index contributed by atoms with van der Waals surface area (Å²) in [5.74, 6) is -1.39. The number of rotatable bonds is 3. The summed E-state index contributed by atoms with van der Waals surface area (Å²) in [7, 11) is 1.50. The molecule has 0 saturated heterocycles. The van der Waals surface area contributed by atoms with Crippen LogP contribution in [0.2, 0.25) is 0 Å². The third kappa shape index (κ3) is 3.59. The standard InChI is InChI=1S/C14H9Br2F2NO2/c1-21-13-3-2-7(4-9(13)16)14(20)19-12-6-10(17)8(15)5-11(12)18/h2-6H,1H3,(H,19,20). The number of ether oxygens (including phenoxy) is 1. The van der Waals surface area contributed by atoms with Crippen molar-refractivity contribution in [2.24, 2.45) is 0 Å². The van der Waals surface area contributed by atoms with Crippen LogP contribution in [0.25, 0.3) is 0 Å². The molecule has 2 rings (SSSR count). The normalized spacial score (nSPS) is 10.3. The van der Waals surface area contributed by atoms with Crippen LogP contribution >= 0.6 is 31.9 Å². The lowest BCUT2D eigenvalue weighted by atomic mass is 10.2. The lowest BCUT2D eigenvalue weighted by Gasteiger charge is -2.09. The van der Waals surface area contributed by atoms with Crippen LogP contribution in [-0.4, -0.2) is 13.0 Å². The Kier molecular flexibility index (Phi) is 4.95. The molecule has 0 atom stereocenters. The number of halogens is 4. The number of anilines is 1. The molecule has 0 bridgehead atoms. The van der Waals surface area contributed by atoms with Gasteiger partial charge in [-0.25, -0.2) is 8.78 Å². The third-order valence-corrected chi connectivity index (χ3v) is 3.90. The molecule has 2 aromatic rings. The number of carbonyl (C=O) groups is 1. The highest BCUT2D eigenvalue weighted by Crippen LogP contribution is 2.27. The molecule has 0 aliphatic heterocycles. The molecule has 0 heterocycles. The molecule has 1 N–H and O–H groups in total. The average molecular weight is 421 g/mol. The predicted octanol–water partition coefficient (Wildman–Crippen LogP) is 4.75. The maximum absolute atomic E-state index is 13.7. The third-order valence-electron chi connectivity index (χ3n) is 2.67. The molecule has 2 aromatic carbocycles. The number of hydrogen-bond acceptors (Lipinski definition) is 2. The molecular weight excluding hydrogens is 412 g/mol. The molecule has 0 saturated carbocycles. The molecule has 0 spiro atoms. The second-order valence-electron chi connectivity index (χ2n) is 4.05. The molecule has 0 fully saturated rings. The first-order valence-electron chi connectivity index (χ1n) is 5.72. The Hall–Kier alpha value is -1.47. The van der Waals surface area contributed by atoms with Gasteiger partial charge in [0.2, 0.25) is 0 Å². The van der Waals surface area contributed by atoms with Gasteiger partial charge >= 0.3 is 0 Å². The Morgan fingerprint density at radius 2 is 1.81 bits per heavy atom. The molecule has 0 aliphatic carbocycles. The summed E-state index contributed by atoms with van der Waals surface area (Å²) >= 11 is 6.12. The minimum absolute atomic E-state index is 0.00908. The Labute approximate surface area is 136 Å². The van der Waals surface area contributed by atoms with E-state index >= 15 is 0 Å². The van der Waals surface area contributed by atoms with Gasteiger partial charge in [0.15, 0.2) is 0 Å². The Bertz CT molecular complexity index is 708. The summed E-state index contributed by atoms with van der Waals surface area (Å²) in [4.78, 5) is 12.0. The zero-order valence-electron chi connectivity index (χ0n) is 10.7. The number of nitrogens with one attached hydrogen (secondary N) is 1. The Morgan fingerprint density at radius 3 is 2.43 bits per heavy atom. The fourth-order valence-electron chi connectivity index (χ4n) is 1.62. The van der Waals surface area contributed by atoms with Crippen LogP contribution in [0.3, 0.4) is 0 Å². The lowest BCUT2D eigenvalue weighted by molar-refractivity contribution is 0.102. The van der Waals surface area contributed by atoms with Crippen molar-refractivity contribution in [2.75, 3.05) is 12.4 Å². The molecule has 7 heteroatoms. The number of hydrogen-bond donors (Lipinski definition) is 1. The van der Waals surface area contributed by atoms with Gasteiger partial charge in [0.25, 0.3) is 5.91 Å². The SMILES string of the molecule is COc1ccc(C(=O)Nc2cc(F)c(Br)cc2F)cc1Br. The summed E-state index contributed by atoms with van der Waals surface area (Å²) in [6.45, 7) is 0. The van der Waals surface area contributed by atoms with Crippen LogP contribution < -0.4 is 10.1 Å². The fraction of sp³-hybridized carbons (Fsp3) is 0.0714. The number of methoxy groups -OCH3 is 1. The number of carbonyl (C=O) groups excluding carboxylic acids is 1. The van der Waals surface area contributed by atoms with E-state index in [-0.39, 0.29) is 15.7 Å². The summed E-state index contributed by atoms with van der Waals surface area (Å²) in [6, 6.07) is 6.51. The van der Waals surface area contributed by atoms with E-state index < -0.39 is 17.5 Å². The fourth-order valence-corrected chi connectivity index (χ4v) is 2.48. The minimum atomic E-state index is -0.732. The maximum atomic E-state index is 13.7. The highest BCUT2D eigenvalue weighted by atomic mass is 79.9. The number of benzene rings is 2. The van der Waals surface area contributed by atoms with E-state index in [0.29, 0.717) is 10.2 Å². The van der Waals surface area contributed by atoms with Gasteiger partial charge in [-0.05, 0) is 56.1 Å². The van der Waals surface area contributed by atoms with Gasteiger partial charge < -0.3 is 10.1 Å². The van der Waals surface area contributed by atoms with Gasteiger partial charge in [0, 0.05) is 11.6 Å². The highest BCUT2D eigenvalue weighted by Gasteiger charge is 2.13. The van der Waals surface area contributed by atoms with Crippen LogP contribution in [0.4, 0.5) is 14.5 Å². The van der Waals surface area contributed by atoms with Crippen molar-refractivity contribution in [2.45, 2.75) is 0 Å². The molecule has 0 unspecified atom stereocenters. The highest BCUT2D eigenvalue weighted by molar-refractivity contribution is 9.10. The van der Waals surface area contributed by atoms with Crippen molar-refractivity contribution in [1.29, 1.82) is 0 Å². The molecule has 1 amide bonds. The molecule has 3 nitrogen and oxygen atoms in total. The van der Waals surface area contributed by atoms with Crippen molar-refractivity contribution in [3.05, 3.63) is 56.5 Å². The first-order chi connectivity index (χ1) is 9.92. The van der Waals surface area contributed by atoms with Crippen molar-refractivity contribution >= 4 is 43.5 Å². The number of amides is 1. The van der Waals surface area contributed by atoms with Crippen LogP contribution in [-0.2, 0) is 0 Å². The van der Waals surface area contributed by atoms with Gasteiger partial charge in [0.05, 0.1) is 21.7 Å². The largest absolute Gasteiger partial charge is 0.496 e. The van der Waals surface area contributed by atoms with Gasteiger partial charge in [0.1, 0.15) is 17.4 Å². The molecular formula is C14H9Br2F2NO2. The van der Waals surface area contributed by atoms with Crippen molar-refractivity contribution in [3.8, 4) is 5.75 Å². The Morgan fingerprint density at radius 1 is 1.10 bits per heavy atom. The van der Waals surface area contributed by atoms with Crippen molar-refractivity contribution in [3.63, 3.8) is 0 Å². The van der Waals surface area contributed by atoms with E-state index in [2.05, 4.69) is 37.2 Å². The van der Waals surface area contributed by atoms with Crippen molar-refractivity contribution in [1.82, 2.24) is 0 Å². The second-order valence-corrected chi connectivity index (χ2v) is 5.76. The summed E-state index contributed by atoms with van der Waals surface area (Å²) < 4.78 is 32.7. The van der Waals surface area contributed by atoms with E-state index in [1.807, 2.05) is 0 Å². The van der Waals surface area contributed by atoms with Gasteiger partial charge in [-0.2, -0.15) is 0 Å². The van der Waals surface area contributed by atoms with Crippen molar-refractivity contribution < 1.29 is 18.3 Å². The molecule has 0 radical (unpaired) electrons. The van der Waals surface area contributed by atoms with Gasteiger partial charge in [-0.1, -0.05) is 0 Å². The van der Waals surface area contributed by atoms with Crippen LogP contribution in [0.15, 0.2) is 39.3 Å². The van der Waals surface area contributed by atoms with E-state index in [1.54, 1.807) is 6.07 Å². The maximum Gasteiger partial charge on any atom is 0.255 e. The topological polar surface area (TPSA) is 38.3 Å². The van der Waals surface area contributed by atoms with Crippen LogP contribution in [0, 0.1) is 11.6 Å². The summed E-state index contributed by atoms with van der Waals surface area (Å²) in [5.41, 5.74) is 0.0537. The summed E-state index contributed by atoms with van der Waals surface area (Å²) in [5, 5.41) is 2.32. The van der Waals surface area contributed by atoms with E-state index in [4.69, 9.17) is 4.74 Å². The molecule has 110 valence electrons. The van der Waals surface area contributed by atoms with E-state index in [9.17, 15) is 13.6 Å². The van der Waals surface area contributed by atoms with E-state index in [1.165, 1.54) is 19.2 Å². The minimum Gasteiger partial charge on any atom is -0.496 e. The smallest absolute Gasteiger partial charge is 0.255 e.